The molecule has 0 saturated carbocycles. The smallest absolute Gasteiger partial charge is 0.270 e. The van der Waals surface area contributed by atoms with Gasteiger partial charge in [-0.15, -0.1) is 0 Å². The van der Waals surface area contributed by atoms with Gasteiger partial charge in [-0.25, -0.2) is 0 Å². The van der Waals surface area contributed by atoms with Crippen molar-refractivity contribution in [3.05, 3.63) is 17.7 Å². The second kappa shape index (κ2) is 11.8. The van der Waals surface area contributed by atoms with Crippen molar-refractivity contribution in [2.24, 2.45) is 0 Å². The highest BCUT2D eigenvalue weighted by atomic mass is 16.5. The average molecular weight is 404 g/mol. The summed E-state index contributed by atoms with van der Waals surface area (Å²) in [6, 6.07) is 3.63. The number of carbonyl (C=O) groups is 1. The number of hydrogen-bond donors (Lipinski definition) is 3. The van der Waals surface area contributed by atoms with E-state index in [-0.39, 0.29) is 23.8 Å². The first-order chi connectivity index (χ1) is 14.0. The van der Waals surface area contributed by atoms with Crippen LogP contribution in [0.5, 0.6) is 5.88 Å². The highest BCUT2D eigenvalue weighted by Gasteiger charge is 2.24. The number of piperidine rings is 1. The Bertz CT molecular complexity index is 671. The van der Waals surface area contributed by atoms with Crippen LogP contribution in [0.15, 0.2) is 12.1 Å². The lowest BCUT2D eigenvalue weighted by molar-refractivity contribution is -0.115. The zero-order chi connectivity index (χ0) is 21.2. The Balaban J connectivity index is 1.99. The van der Waals surface area contributed by atoms with Crippen LogP contribution in [0.1, 0.15) is 64.9 Å². The molecule has 1 aliphatic rings. The van der Waals surface area contributed by atoms with E-state index in [1.807, 2.05) is 0 Å². The molecule has 1 aromatic heterocycles. The molecule has 0 spiro atoms. The maximum absolute atomic E-state index is 12.6. The molecule has 7 nitrogen and oxygen atoms in total. The van der Waals surface area contributed by atoms with Crippen LogP contribution in [0.3, 0.4) is 0 Å². The maximum atomic E-state index is 12.6. The molecule has 0 bridgehead atoms. The molecule has 0 radical (unpaired) electrons. The second-order valence-corrected chi connectivity index (χ2v) is 7.70. The van der Waals surface area contributed by atoms with Crippen LogP contribution in [0.25, 0.3) is 0 Å². The number of nitrogens with zero attached hydrogens (tertiary/aromatic N) is 2. The van der Waals surface area contributed by atoms with E-state index in [1.165, 1.54) is 0 Å². The van der Waals surface area contributed by atoms with E-state index in [0.29, 0.717) is 17.3 Å². The molecule has 1 unspecified atom stereocenters. The quantitative estimate of drug-likeness (QED) is 0.493. The highest BCUT2D eigenvalue weighted by Crippen LogP contribution is 2.21. The Morgan fingerprint density at radius 1 is 1.28 bits per heavy atom. The number of rotatable bonds is 11. The standard InChI is InChI=1S/C22H37N5O2/c1-5-8-17(7-3)29-19-10-9-18(21(24-4)26-19)20(23)22(28)25-16-11-14-27(13-6-2)15-12-16/h9-10,16-17,23H,5-8,11-15H2,1-4H3,(H,24,26)(H,25,28). The first kappa shape index (κ1) is 23.1. The van der Waals surface area contributed by atoms with Crippen molar-refractivity contribution >= 4 is 17.4 Å². The molecule has 1 aliphatic heterocycles. The van der Waals surface area contributed by atoms with Gasteiger partial charge in [0.25, 0.3) is 5.91 Å². The molecule has 1 saturated heterocycles. The summed E-state index contributed by atoms with van der Waals surface area (Å²) in [6.07, 6.45) is 6.09. The SMILES string of the molecule is CCCC(CC)Oc1ccc(C(=N)C(=O)NC2CCN(CCC)CC2)c(NC)n1. The summed E-state index contributed by atoms with van der Waals surface area (Å²) >= 11 is 0. The summed E-state index contributed by atoms with van der Waals surface area (Å²) in [6.45, 7) is 9.52. The number of ether oxygens (including phenoxy) is 1. The van der Waals surface area contributed by atoms with E-state index in [4.69, 9.17) is 10.1 Å². The van der Waals surface area contributed by atoms with Crippen molar-refractivity contribution in [1.29, 1.82) is 5.41 Å². The topological polar surface area (TPSA) is 90.3 Å². The van der Waals surface area contributed by atoms with Gasteiger partial charge < -0.3 is 20.3 Å². The lowest BCUT2D eigenvalue weighted by Crippen LogP contribution is -2.46. The normalized spacial score (nSPS) is 16.3. The number of aromatic nitrogens is 1. The van der Waals surface area contributed by atoms with E-state index in [9.17, 15) is 4.79 Å². The van der Waals surface area contributed by atoms with Crippen LogP contribution < -0.4 is 15.4 Å². The summed E-state index contributed by atoms with van der Waals surface area (Å²) in [5, 5.41) is 14.4. The van der Waals surface area contributed by atoms with E-state index in [2.05, 4.69) is 41.3 Å². The minimum atomic E-state index is -0.344. The van der Waals surface area contributed by atoms with E-state index < -0.39 is 0 Å². The summed E-state index contributed by atoms with van der Waals surface area (Å²) < 4.78 is 5.97. The van der Waals surface area contributed by atoms with Crippen LogP contribution >= 0.6 is 0 Å². The molecule has 162 valence electrons. The van der Waals surface area contributed by atoms with Crippen molar-refractivity contribution in [2.45, 2.75) is 71.4 Å². The zero-order valence-electron chi connectivity index (χ0n) is 18.4. The maximum Gasteiger partial charge on any atom is 0.270 e. The molecule has 1 aromatic rings. The van der Waals surface area contributed by atoms with Gasteiger partial charge in [0.1, 0.15) is 17.6 Å². The second-order valence-electron chi connectivity index (χ2n) is 7.70. The van der Waals surface area contributed by atoms with Crippen LogP contribution in [0.4, 0.5) is 5.82 Å². The van der Waals surface area contributed by atoms with Crippen LogP contribution in [-0.4, -0.2) is 60.3 Å². The molecular weight excluding hydrogens is 366 g/mol. The van der Waals surface area contributed by atoms with Gasteiger partial charge in [-0.2, -0.15) is 4.98 Å². The predicted octanol–water partition coefficient (Wildman–Crippen LogP) is 3.44. The number of amides is 1. The molecule has 7 heteroatoms. The summed E-state index contributed by atoms with van der Waals surface area (Å²) in [5.74, 6) is 0.671. The molecule has 0 aliphatic carbocycles. The van der Waals surface area contributed by atoms with Crippen molar-refractivity contribution in [1.82, 2.24) is 15.2 Å². The fourth-order valence-corrected chi connectivity index (χ4v) is 3.74. The molecular formula is C22H37N5O2. The molecule has 3 N–H and O–H groups in total. The van der Waals surface area contributed by atoms with Crippen LogP contribution in [-0.2, 0) is 4.79 Å². The van der Waals surface area contributed by atoms with Gasteiger partial charge in [-0.05, 0) is 44.7 Å². The number of anilines is 1. The van der Waals surface area contributed by atoms with E-state index in [0.717, 1.165) is 58.2 Å². The third-order valence-electron chi connectivity index (χ3n) is 5.42. The Labute approximate surface area is 175 Å². The van der Waals surface area contributed by atoms with Gasteiger partial charge in [-0.3, -0.25) is 10.2 Å². The zero-order valence-corrected chi connectivity index (χ0v) is 18.4. The van der Waals surface area contributed by atoms with Gasteiger partial charge in [0.15, 0.2) is 0 Å². The van der Waals surface area contributed by atoms with E-state index in [1.54, 1.807) is 19.2 Å². The van der Waals surface area contributed by atoms with Crippen molar-refractivity contribution in [3.63, 3.8) is 0 Å². The largest absolute Gasteiger partial charge is 0.474 e. The fourth-order valence-electron chi connectivity index (χ4n) is 3.74. The third-order valence-corrected chi connectivity index (χ3v) is 5.42. The van der Waals surface area contributed by atoms with E-state index >= 15 is 0 Å². The molecule has 2 rings (SSSR count). The fraction of sp³-hybridized carbons (Fsp3) is 0.682. The summed E-state index contributed by atoms with van der Waals surface area (Å²) in [4.78, 5) is 19.6. The summed E-state index contributed by atoms with van der Waals surface area (Å²) in [5.41, 5.74) is 0.425. The Morgan fingerprint density at radius 2 is 2.00 bits per heavy atom. The number of likely N-dealkylation sites (tertiary alicyclic amines) is 1. The van der Waals surface area contributed by atoms with Crippen molar-refractivity contribution in [2.75, 3.05) is 32.0 Å². The van der Waals surface area contributed by atoms with Gasteiger partial charge in [0.05, 0.1) is 0 Å². The number of hydrogen-bond acceptors (Lipinski definition) is 6. The Hall–Kier alpha value is -2.15. The van der Waals surface area contributed by atoms with Gasteiger partial charge in [0, 0.05) is 37.8 Å². The van der Waals surface area contributed by atoms with Gasteiger partial charge >= 0.3 is 0 Å². The van der Waals surface area contributed by atoms with Crippen LogP contribution in [0, 0.1) is 5.41 Å². The first-order valence-electron chi connectivity index (χ1n) is 11.0. The number of carbonyl (C=O) groups excluding carboxylic acids is 1. The average Bonchev–Trinajstić information content (AvgIpc) is 2.74. The molecule has 1 amide bonds. The first-order valence-corrected chi connectivity index (χ1v) is 11.0. The Kier molecular flexibility index (Phi) is 9.38. The van der Waals surface area contributed by atoms with Crippen LogP contribution in [0.2, 0.25) is 0 Å². The minimum Gasteiger partial charge on any atom is -0.474 e. The number of nitrogens with one attached hydrogen (secondary N) is 3. The van der Waals surface area contributed by atoms with Gasteiger partial charge in [0.2, 0.25) is 5.88 Å². The lowest BCUT2D eigenvalue weighted by atomic mass is 10.0. The molecule has 0 aromatic carbocycles. The van der Waals surface area contributed by atoms with Crippen molar-refractivity contribution < 1.29 is 9.53 Å². The van der Waals surface area contributed by atoms with Crippen molar-refractivity contribution in [3.8, 4) is 5.88 Å². The third kappa shape index (κ3) is 6.70. The summed E-state index contributed by atoms with van der Waals surface area (Å²) in [7, 11) is 1.74. The molecule has 1 fully saturated rings. The Morgan fingerprint density at radius 3 is 2.59 bits per heavy atom. The lowest BCUT2D eigenvalue weighted by Gasteiger charge is -2.32. The number of pyridine rings is 1. The molecule has 1 atom stereocenters. The molecule has 2 heterocycles. The minimum absolute atomic E-state index is 0.0648. The molecule has 29 heavy (non-hydrogen) atoms. The highest BCUT2D eigenvalue weighted by molar-refractivity contribution is 6.45. The van der Waals surface area contributed by atoms with Gasteiger partial charge in [-0.1, -0.05) is 27.2 Å². The predicted molar refractivity (Wildman–Crippen MR) is 118 cm³/mol. The monoisotopic (exact) mass is 403 g/mol.